The Morgan fingerprint density at radius 3 is 1.56 bits per heavy atom. The van der Waals surface area contributed by atoms with Gasteiger partial charge in [0.15, 0.2) is 17.1 Å². The topological polar surface area (TPSA) is 49.3 Å². The number of benzene rings is 7. The molecule has 7 aromatic carbocycles. The molecule has 1 atom stereocenters. The molecule has 0 aromatic heterocycles. The van der Waals surface area contributed by atoms with Gasteiger partial charge in [0, 0.05) is 36.8 Å². The Morgan fingerprint density at radius 2 is 1.04 bits per heavy atom. The van der Waals surface area contributed by atoms with Crippen LogP contribution in [0.4, 0.5) is 0 Å². The van der Waals surface area contributed by atoms with Crippen molar-refractivity contribution in [3.8, 4) is 22.6 Å². The van der Waals surface area contributed by atoms with Gasteiger partial charge in [0.2, 0.25) is 5.90 Å². The van der Waals surface area contributed by atoms with E-state index in [1.807, 2.05) is 78.9 Å². The maximum atomic E-state index is 7.41. The Balaban J connectivity index is 0.000000454. The third-order valence-electron chi connectivity index (χ3n) is 10.4. The Bertz CT molecular complexity index is 2390. The standard InChI is InChI=1S/C42H31NO4P.C8H10.Ir/c1-4-16-31(17-5-1)41-43-38(28-44-41)42(32-18-6-2-7-19-32,33-20-8-3-9-21-33)47-48-45-36-26-24-29-14-10-12-22-34(29)39(36)40-35-23-13-11-15-30(35)25-27-37(40)46-48;1-2-4-6-8-7-5-3-1;/h1-27,38,48H,28H2;1,8H,2,4-5,7H2;/q+1;-2;/t38-;;/m0../s1. The third-order valence-corrected chi connectivity index (χ3v) is 11.6. The summed E-state index contributed by atoms with van der Waals surface area (Å²) in [6.07, 6.45) is 15.0. The van der Waals surface area contributed by atoms with Crippen molar-refractivity contribution in [2.75, 3.05) is 6.61 Å². The Kier molecular flexibility index (Phi) is 12.1. The molecule has 0 amide bonds. The SMILES string of the molecule is [C-]1=CCC[C-]=CCC1.[Ir].c1ccc(C2=N[C@H](C(O[PH+]3Oc4ccc5ccccc5c4-c4c(ccc5ccccc45)O3)(c3ccccc3)c3ccccc3)CO2)cc1. The second kappa shape index (κ2) is 17.8. The Morgan fingerprint density at radius 1 is 0.561 bits per heavy atom. The molecule has 0 N–H and O–H groups in total. The maximum Gasteiger partial charge on any atom is 0.486 e. The summed E-state index contributed by atoms with van der Waals surface area (Å²) in [5.74, 6) is 2.04. The Labute approximate surface area is 349 Å². The van der Waals surface area contributed by atoms with Gasteiger partial charge in [-0.15, -0.1) is 4.52 Å². The molecule has 0 fully saturated rings. The molecule has 0 spiro atoms. The molecule has 0 bridgehead atoms. The summed E-state index contributed by atoms with van der Waals surface area (Å²) in [6, 6.07) is 55.2. The predicted octanol–water partition coefficient (Wildman–Crippen LogP) is 12.5. The number of aliphatic imine (C=N–C) groups is 1. The van der Waals surface area contributed by atoms with Crippen LogP contribution >= 0.6 is 8.60 Å². The van der Waals surface area contributed by atoms with Crippen LogP contribution in [0, 0.1) is 12.2 Å². The fraction of sp³-hybridized carbons (Fsp3) is 0.140. The van der Waals surface area contributed by atoms with Crippen LogP contribution in [0.15, 0.2) is 181 Å². The fourth-order valence-electron chi connectivity index (χ4n) is 7.71. The minimum absolute atomic E-state index is 0. The number of ether oxygens (including phenoxy) is 1. The van der Waals surface area contributed by atoms with E-state index < -0.39 is 20.2 Å². The minimum Gasteiger partial charge on any atom is -0.500 e. The van der Waals surface area contributed by atoms with Gasteiger partial charge in [-0.2, -0.15) is 12.8 Å². The van der Waals surface area contributed by atoms with E-state index >= 15 is 0 Å². The van der Waals surface area contributed by atoms with Crippen LogP contribution in [-0.4, -0.2) is 18.5 Å². The molecular weight excluding hydrogens is 902 g/mol. The van der Waals surface area contributed by atoms with Crippen LogP contribution in [0.2, 0.25) is 0 Å². The third kappa shape index (κ3) is 7.97. The van der Waals surface area contributed by atoms with E-state index in [2.05, 4.69) is 109 Å². The average molecular weight is 943 g/mol. The maximum absolute atomic E-state index is 7.41. The Hall–Kier alpha value is -5.35. The van der Waals surface area contributed by atoms with Crippen LogP contribution in [-0.2, 0) is 35.0 Å². The molecule has 2 aliphatic heterocycles. The molecule has 3 aliphatic rings. The summed E-state index contributed by atoms with van der Waals surface area (Å²) < 4.78 is 27.6. The molecule has 1 radical (unpaired) electrons. The van der Waals surface area contributed by atoms with Crippen LogP contribution in [0.25, 0.3) is 32.7 Å². The first-order chi connectivity index (χ1) is 27.8. The zero-order valence-corrected chi connectivity index (χ0v) is 34.7. The number of hydrogen-bond donors (Lipinski definition) is 0. The monoisotopic (exact) mass is 943 g/mol. The van der Waals surface area contributed by atoms with Crippen molar-refractivity contribution in [3.63, 3.8) is 0 Å². The zero-order chi connectivity index (χ0) is 37.6. The summed E-state index contributed by atoms with van der Waals surface area (Å²) in [6.45, 7) is 0.325. The minimum atomic E-state index is -2.54. The van der Waals surface area contributed by atoms with Gasteiger partial charge in [-0.1, -0.05) is 152 Å². The number of rotatable bonds is 6. The van der Waals surface area contributed by atoms with Crippen LogP contribution < -0.4 is 9.05 Å². The molecule has 0 saturated carbocycles. The summed E-state index contributed by atoms with van der Waals surface area (Å²) in [5.41, 5.74) is 3.71. The van der Waals surface area contributed by atoms with Gasteiger partial charge < -0.3 is 16.9 Å². The average Bonchev–Trinajstić information content (AvgIpc) is 3.68. The molecule has 0 unspecified atom stereocenters. The molecule has 7 aromatic rings. The fourth-order valence-corrected chi connectivity index (χ4v) is 9.17. The van der Waals surface area contributed by atoms with Crippen molar-refractivity contribution in [2.24, 2.45) is 4.99 Å². The van der Waals surface area contributed by atoms with Crippen molar-refractivity contribution in [3.05, 3.63) is 205 Å². The van der Waals surface area contributed by atoms with E-state index in [4.69, 9.17) is 23.3 Å². The number of hydrogen-bond acceptors (Lipinski definition) is 5. The van der Waals surface area contributed by atoms with Crippen molar-refractivity contribution < 1.29 is 38.4 Å². The first-order valence-electron chi connectivity index (χ1n) is 19.2. The second-order valence-corrected chi connectivity index (χ2v) is 15.0. The van der Waals surface area contributed by atoms with Crippen molar-refractivity contribution >= 4 is 36.0 Å². The van der Waals surface area contributed by atoms with Gasteiger partial charge in [-0.25, -0.2) is 4.99 Å². The van der Waals surface area contributed by atoms with E-state index in [-0.39, 0.29) is 20.1 Å². The van der Waals surface area contributed by atoms with Crippen molar-refractivity contribution in [1.82, 2.24) is 0 Å². The van der Waals surface area contributed by atoms with Gasteiger partial charge in [-0.3, -0.25) is 21.2 Å². The van der Waals surface area contributed by atoms with E-state index in [1.54, 1.807) is 0 Å². The molecule has 7 heteroatoms. The quantitative estimate of drug-likeness (QED) is 0.123. The number of fused-ring (bicyclic) bond motifs is 7. The summed E-state index contributed by atoms with van der Waals surface area (Å²) >= 11 is 0. The molecule has 2 heterocycles. The van der Waals surface area contributed by atoms with E-state index in [1.165, 1.54) is 0 Å². The van der Waals surface area contributed by atoms with Crippen LogP contribution in [0.5, 0.6) is 11.5 Å². The molecule has 57 heavy (non-hydrogen) atoms. The molecule has 10 rings (SSSR count). The van der Waals surface area contributed by atoms with Gasteiger partial charge in [0.25, 0.3) is 0 Å². The van der Waals surface area contributed by atoms with Gasteiger partial charge in [0.05, 0.1) is 0 Å². The number of allylic oxidation sites excluding steroid dienone is 4. The van der Waals surface area contributed by atoms with Crippen molar-refractivity contribution in [1.29, 1.82) is 0 Å². The molecule has 0 saturated heterocycles. The molecule has 5 nitrogen and oxygen atoms in total. The van der Waals surface area contributed by atoms with E-state index in [9.17, 15) is 0 Å². The van der Waals surface area contributed by atoms with Gasteiger partial charge >= 0.3 is 8.60 Å². The van der Waals surface area contributed by atoms with Crippen LogP contribution in [0.1, 0.15) is 42.4 Å². The van der Waals surface area contributed by atoms with Crippen molar-refractivity contribution in [2.45, 2.75) is 37.3 Å². The van der Waals surface area contributed by atoms with Crippen LogP contribution in [0.3, 0.4) is 0 Å². The molecule has 1 aliphatic carbocycles. The molecular formula is C50H41IrNO4P-. The molecule has 285 valence electrons. The first-order valence-corrected chi connectivity index (χ1v) is 20.4. The number of nitrogens with zero attached hydrogens (tertiary/aromatic N) is 1. The van der Waals surface area contributed by atoms with E-state index in [0.717, 1.165) is 86.5 Å². The summed E-state index contributed by atoms with van der Waals surface area (Å²) in [7, 11) is -2.54. The van der Waals surface area contributed by atoms with Gasteiger partial charge in [-0.05, 0) is 56.9 Å². The summed E-state index contributed by atoms with van der Waals surface area (Å²) in [5, 5.41) is 4.45. The van der Waals surface area contributed by atoms with E-state index in [0.29, 0.717) is 12.5 Å². The first kappa shape index (κ1) is 38.5. The van der Waals surface area contributed by atoms with Gasteiger partial charge in [0.1, 0.15) is 12.6 Å². The smallest absolute Gasteiger partial charge is 0.486 e. The summed E-state index contributed by atoms with van der Waals surface area (Å²) in [4.78, 5) is 5.22. The normalized spacial score (nSPS) is 16.1. The zero-order valence-electron chi connectivity index (χ0n) is 31.3. The predicted molar refractivity (Wildman–Crippen MR) is 228 cm³/mol. The largest absolute Gasteiger partial charge is 0.500 e. The second-order valence-electron chi connectivity index (χ2n) is 13.9.